The van der Waals surface area contributed by atoms with Crippen molar-refractivity contribution in [1.29, 1.82) is 0 Å². The Morgan fingerprint density at radius 1 is 1.33 bits per heavy atom. The Hall–Kier alpha value is -0.730. The molecule has 1 atom stereocenters. The first-order valence-electron chi connectivity index (χ1n) is 6.17. The van der Waals surface area contributed by atoms with E-state index in [0.717, 1.165) is 6.42 Å². The summed E-state index contributed by atoms with van der Waals surface area (Å²) in [5.74, 6) is 1.34. The molecule has 3 heteroatoms. The van der Waals surface area contributed by atoms with Crippen molar-refractivity contribution >= 4 is 5.96 Å². The van der Waals surface area contributed by atoms with Crippen LogP contribution in [-0.2, 0) is 0 Å². The second-order valence-corrected chi connectivity index (χ2v) is 5.13. The zero-order valence-electron chi connectivity index (χ0n) is 10.3. The smallest absolute Gasteiger partial charge is 0.189 e. The van der Waals surface area contributed by atoms with Crippen LogP contribution in [0.2, 0.25) is 0 Å². The van der Waals surface area contributed by atoms with Crippen LogP contribution in [0.15, 0.2) is 4.99 Å². The predicted molar refractivity (Wildman–Crippen MR) is 65.9 cm³/mol. The van der Waals surface area contributed by atoms with Crippen LogP contribution < -0.4 is 11.1 Å². The third-order valence-electron chi connectivity index (χ3n) is 2.87. The molecule has 0 aromatic heterocycles. The second-order valence-electron chi connectivity index (χ2n) is 5.13. The molecule has 0 bridgehead atoms. The lowest BCUT2D eigenvalue weighted by Crippen LogP contribution is -2.39. The molecule has 3 N–H and O–H groups in total. The molecule has 1 saturated carbocycles. The van der Waals surface area contributed by atoms with Crippen molar-refractivity contribution in [2.24, 2.45) is 16.6 Å². The Bertz CT molecular complexity index is 205. The van der Waals surface area contributed by atoms with E-state index in [-0.39, 0.29) is 0 Å². The van der Waals surface area contributed by atoms with Gasteiger partial charge in [-0.1, -0.05) is 26.7 Å². The molecule has 1 aliphatic rings. The predicted octanol–water partition coefficient (Wildman–Crippen LogP) is 2.27. The van der Waals surface area contributed by atoms with Crippen LogP contribution in [0.1, 0.15) is 52.9 Å². The molecule has 0 heterocycles. The zero-order chi connectivity index (χ0) is 11.3. The van der Waals surface area contributed by atoms with E-state index in [1.54, 1.807) is 0 Å². The Balaban J connectivity index is 2.29. The van der Waals surface area contributed by atoms with Crippen LogP contribution in [0.3, 0.4) is 0 Å². The molecule has 15 heavy (non-hydrogen) atoms. The number of hydrogen-bond acceptors (Lipinski definition) is 1. The number of hydrogen-bond donors (Lipinski definition) is 2. The molecule has 0 saturated heterocycles. The number of nitrogens with zero attached hydrogens (tertiary/aromatic N) is 1. The van der Waals surface area contributed by atoms with E-state index < -0.39 is 0 Å². The first kappa shape index (κ1) is 12.3. The molecule has 0 aliphatic heterocycles. The van der Waals surface area contributed by atoms with E-state index in [9.17, 15) is 0 Å². The Labute approximate surface area is 93.5 Å². The molecule has 0 aromatic rings. The van der Waals surface area contributed by atoms with Crippen molar-refractivity contribution in [3.05, 3.63) is 0 Å². The van der Waals surface area contributed by atoms with Crippen molar-refractivity contribution in [3.8, 4) is 0 Å². The number of nitrogens with two attached hydrogens (primary N) is 1. The van der Waals surface area contributed by atoms with Gasteiger partial charge in [0.05, 0.1) is 6.04 Å². The SMILES string of the molecule is CC(C)CC(C)NC(N)=NC1CCCC1. The lowest BCUT2D eigenvalue weighted by molar-refractivity contribution is 0.488. The van der Waals surface area contributed by atoms with Gasteiger partial charge in [0.15, 0.2) is 5.96 Å². The minimum atomic E-state index is 0.426. The molecule has 1 unspecified atom stereocenters. The Kier molecular flexibility index (Phi) is 4.92. The fourth-order valence-electron chi connectivity index (χ4n) is 2.29. The highest BCUT2D eigenvalue weighted by atomic mass is 15.1. The maximum atomic E-state index is 5.87. The summed E-state index contributed by atoms with van der Waals surface area (Å²) in [7, 11) is 0. The summed E-state index contributed by atoms with van der Waals surface area (Å²) in [5, 5.41) is 3.27. The normalized spacial score (nSPS) is 20.9. The van der Waals surface area contributed by atoms with Gasteiger partial charge in [0.1, 0.15) is 0 Å². The third-order valence-corrected chi connectivity index (χ3v) is 2.87. The summed E-state index contributed by atoms with van der Waals surface area (Å²) in [5.41, 5.74) is 5.87. The van der Waals surface area contributed by atoms with E-state index >= 15 is 0 Å². The van der Waals surface area contributed by atoms with E-state index in [1.807, 2.05) is 0 Å². The number of guanidine groups is 1. The van der Waals surface area contributed by atoms with Gasteiger partial charge in [-0.05, 0) is 32.1 Å². The summed E-state index contributed by atoms with van der Waals surface area (Å²) in [6.07, 6.45) is 6.18. The fourth-order valence-corrected chi connectivity index (χ4v) is 2.29. The zero-order valence-corrected chi connectivity index (χ0v) is 10.3. The summed E-state index contributed by atoms with van der Waals surface area (Å²) >= 11 is 0. The van der Waals surface area contributed by atoms with Gasteiger partial charge in [-0.2, -0.15) is 0 Å². The minimum Gasteiger partial charge on any atom is -0.370 e. The summed E-state index contributed by atoms with van der Waals surface area (Å²) in [6.45, 7) is 6.61. The summed E-state index contributed by atoms with van der Waals surface area (Å²) < 4.78 is 0. The molecular weight excluding hydrogens is 186 g/mol. The molecule has 3 nitrogen and oxygen atoms in total. The van der Waals surface area contributed by atoms with Crippen molar-refractivity contribution < 1.29 is 0 Å². The number of aliphatic imine (C=N–C) groups is 1. The standard InChI is InChI=1S/C12H25N3/c1-9(2)8-10(3)14-12(13)15-11-6-4-5-7-11/h9-11H,4-8H2,1-3H3,(H3,13,14,15). The highest BCUT2D eigenvalue weighted by molar-refractivity contribution is 5.78. The van der Waals surface area contributed by atoms with Crippen molar-refractivity contribution in [3.63, 3.8) is 0 Å². The number of rotatable bonds is 4. The van der Waals surface area contributed by atoms with E-state index in [2.05, 4.69) is 31.1 Å². The Morgan fingerprint density at radius 2 is 1.93 bits per heavy atom. The van der Waals surface area contributed by atoms with Crippen LogP contribution in [0.4, 0.5) is 0 Å². The van der Waals surface area contributed by atoms with Gasteiger partial charge in [-0.15, -0.1) is 0 Å². The van der Waals surface area contributed by atoms with E-state index in [1.165, 1.54) is 25.7 Å². The van der Waals surface area contributed by atoms with Gasteiger partial charge in [0, 0.05) is 6.04 Å². The van der Waals surface area contributed by atoms with Crippen molar-refractivity contribution in [2.45, 2.75) is 65.0 Å². The van der Waals surface area contributed by atoms with Gasteiger partial charge >= 0.3 is 0 Å². The lowest BCUT2D eigenvalue weighted by atomic mass is 10.1. The van der Waals surface area contributed by atoms with Gasteiger partial charge < -0.3 is 11.1 Å². The largest absolute Gasteiger partial charge is 0.370 e. The molecule has 0 amide bonds. The van der Waals surface area contributed by atoms with Crippen LogP contribution >= 0.6 is 0 Å². The molecule has 0 aromatic carbocycles. The highest BCUT2D eigenvalue weighted by Gasteiger charge is 2.14. The first-order valence-corrected chi connectivity index (χ1v) is 6.17. The molecular formula is C12H25N3. The minimum absolute atomic E-state index is 0.426. The van der Waals surface area contributed by atoms with Crippen LogP contribution in [0, 0.1) is 5.92 Å². The van der Waals surface area contributed by atoms with Gasteiger partial charge in [0.25, 0.3) is 0 Å². The lowest BCUT2D eigenvalue weighted by Gasteiger charge is -2.17. The van der Waals surface area contributed by atoms with Gasteiger partial charge in [-0.25, -0.2) is 0 Å². The second kappa shape index (κ2) is 5.99. The molecule has 0 spiro atoms. The molecule has 1 rings (SSSR count). The highest BCUT2D eigenvalue weighted by Crippen LogP contribution is 2.20. The van der Waals surface area contributed by atoms with E-state index in [4.69, 9.17) is 5.73 Å². The third kappa shape index (κ3) is 5.05. The van der Waals surface area contributed by atoms with Crippen molar-refractivity contribution in [2.75, 3.05) is 0 Å². The summed E-state index contributed by atoms with van der Waals surface area (Å²) in [4.78, 5) is 4.51. The first-order chi connectivity index (χ1) is 7.08. The van der Waals surface area contributed by atoms with Crippen molar-refractivity contribution in [1.82, 2.24) is 5.32 Å². The topological polar surface area (TPSA) is 50.4 Å². The van der Waals surface area contributed by atoms with Gasteiger partial charge in [-0.3, -0.25) is 4.99 Å². The molecule has 0 radical (unpaired) electrons. The molecule has 88 valence electrons. The quantitative estimate of drug-likeness (QED) is 0.553. The summed E-state index contributed by atoms with van der Waals surface area (Å²) in [6, 6.07) is 0.902. The molecule has 1 aliphatic carbocycles. The number of nitrogens with one attached hydrogen (secondary N) is 1. The van der Waals surface area contributed by atoms with Crippen LogP contribution in [0.25, 0.3) is 0 Å². The van der Waals surface area contributed by atoms with Crippen LogP contribution in [0.5, 0.6) is 0 Å². The van der Waals surface area contributed by atoms with E-state index in [0.29, 0.717) is 24.0 Å². The maximum absolute atomic E-state index is 5.87. The van der Waals surface area contributed by atoms with Gasteiger partial charge in [0.2, 0.25) is 0 Å². The fraction of sp³-hybridized carbons (Fsp3) is 0.917. The average Bonchev–Trinajstić information content (AvgIpc) is 2.53. The average molecular weight is 211 g/mol. The molecule has 1 fully saturated rings. The van der Waals surface area contributed by atoms with Crippen LogP contribution in [-0.4, -0.2) is 18.0 Å². The Morgan fingerprint density at radius 3 is 2.47 bits per heavy atom. The monoisotopic (exact) mass is 211 g/mol. The maximum Gasteiger partial charge on any atom is 0.189 e.